The molecule has 2 nitrogen and oxygen atoms in total. The summed E-state index contributed by atoms with van der Waals surface area (Å²) in [6.07, 6.45) is 3.47. The van der Waals surface area contributed by atoms with Gasteiger partial charge in [0.15, 0.2) is 0 Å². The van der Waals surface area contributed by atoms with Crippen molar-refractivity contribution in [1.29, 1.82) is 0 Å². The summed E-state index contributed by atoms with van der Waals surface area (Å²) in [5, 5.41) is 0. The third kappa shape index (κ3) is 2.15. The van der Waals surface area contributed by atoms with E-state index in [1.54, 1.807) is 7.11 Å². The second kappa shape index (κ2) is 4.23. The van der Waals surface area contributed by atoms with E-state index in [0.29, 0.717) is 12.0 Å². The van der Waals surface area contributed by atoms with Crippen molar-refractivity contribution in [3.05, 3.63) is 29.3 Å². The van der Waals surface area contributed by atoms with Gasteiger partial charge in [0.05, 0.1) is 7.11 Å². The van der Waals surface area contributed by atoms with E-state index < -0.39 is 0 Å². The molecule has 0 radical (unpaired) electrons. The summed E-state index contributed by atoms with van der Waals surface area (Å²) in [4.78, 5) is 0. The van der Waals surface area contributed by atoms with Gasteiger partial charge in [-0.2, -0.15) is 0 Å². The van der Waals surface area contributed by atoms with Gasteiger partial charge < -0.3 is 10.5 Å². The summed E-state index contributed by atoms with van der Waals surface area (Å²) >= 11 is 0. The fraction of sp³-hybridized carbons (Fsp3) is 0.538. The van der Waals surface area contributed by atoms with Crippen molar-refractivity contribution in [2.45, 2.75) is 32.2 Å². The molecule has 0 spiro atoms. The van der Waals surface area contributed by atoms with Crippen LogP contribution in [0, 0.1) is 5.92 Å². The number of hydrogen-bond donors (Lipinski definition) is 1. The topological polar surface area (TPSA) is 35.2 Å². The molecule has 2 atom stereocenters. The Balaban J connectivity index is 2.21. The molecule has 1 aromatic carbocycles. The molecule has 2 unspecified atom stereocenters. The van der Waals surface area contributed by atoms with Crippen LogP contribution in [0.5, 0.6) is 5.75 Å². The molecule has 2 N–H and O–H groups in total. The van der Waals surface area contributed by atoms with E-state index in [4.69, 9.17) is 10.5 Å². The van der Waals surface area contributed by atoms with Gasteiger partial charge >= 0.3 is 0 Å². The van der Waals surface area contributed by atoms with E-state index in [0.717, 1.165) is 18.6 Å². The molecule has 82 valence electrons. The summed E-state index contributed by atoms with van der Waals surface area (Å²) < 4.78 is 5.23. The number of ether oxygens (including phenoxy) is 1. The second-order valence-corrected chi connectivity index (χ2v) is 4.50. The Kier molecular flexibility index (Phi) is 2.96. The Morgan fingerprint density at radius 1 is 1.40 bits per heavy atom. The van der Waals surface area contributed by atoms with Crippen LogP contribution < -0.4 is 10.5 Å². The molecule has 1 aliphatic carbocycles. The van der Waals surface area contributed by atoms with Crippen LogP contribution in [-0.2, 0) is 12.8 Å². The molecule has 0 bridgehead atoms. The van der Waals surface area contributed by atoms with Crippen LogP contribution in [0.4, 0.5) is 0 Å². The van der Waals surface area contributed by atoms with Crippen LogP contribution in [0.25, 0.3) is 0 Å². The van der Waals surface area contributed by atoms with Gasteiger partial charge in [0, 0.05) is 6.04 Å². The molecule has 0 fully saturated rings. The minimum absolute atomic E-state index is 0.306. The van der Waals surface area contributed by atoms with E-state index in [2.05, 4.69) is 19.1 Å². The average Bonchev–Trinajstić information content (AvgIpc) is 2.27. The predicted molar refractivity (Wildman–Crippen MR) is 62.2 cm³/mol. The average molecular weight is 205 g/mol. The van der Waals surface area contributed by atoms with Crippen molar-refractivity contribution in [1.82, 2.24) is 0 Å². The van der Waals surface area contributed by atoms with Crippen LogP contribution in [0.3, 0.4) is 0 Å². The van der Waals surface area contributed by atoms with Gasteiger partial charge in [-0.15, -0.1) is 0 Å². The smallest absolute Gasteiger partial charge is 0.119 e. The second-order valence-electron chi connectivity index (χ2n) is 4.50. The summed E-state index contributed by atoms with van der Waals surface area (Å²) in [7, 11) is 1.72. The number of fused-ring (bicyclic) bond motifs is 1. The first kappa shape index (κ1) is 10.5. The number of rotatable bonds is 2. The molecule has 1 aliphatic rings. The van der Waals surface area contributed by atoms with Gasteiger partial charge in [0.25, 0.3) is 0 Å². The molecule has 0 aliphatic heterocycles. The summed E-state index contributed by atoms with van der Waals surface area (Å²) in [5.74, 6) is 1.61. The molecule has 2 heteroatoms. The molecule has 0 saturated carbocycles. The van der Waals surface area contributed by atoms with E-state index >= 15 is 0 Å². The molecule has 0 aromatic heterocycles. The zero-order valence-corrected chi connectivity index (χ0v) is 9.49. The van der Waals surface area contributed by atoms with Crippen LogP contribution in [-0.4, -0.2) is 13.2 Å². The highest BCUT2D eigenvalue weighted by molar-refractivity contribution is 5.37. The number of nitrogens with two attached hydrogens (primary N) is 1. The van der Waals surface area contributed by atoms with Gasteiger partial charge in [0.2, 0.25) is 0 Å². The van der Waals surface area contributed by atoms with Crippen LogP contribution >= 0.6 is 0 Å². The molecule has 0 heterocycles. The molecule has 15 heavy (non-hydrogen) atoms. The summed E-state index contributed by atoms with van der Waals surface area (Å²) in [6, 6.07) is 6.69. The normalized spacial score (nSPS) is 21.9. The maximum absolute atomic E-state index is 5.96. The minimum Gasteiger partial charge on any atom is -0.497 e. The van der Waals surface area contributed by atoms with Gasteiger partial charge in [-0.05, 0) is 55.4 Å². The molecular formula is C13H19NO. The molecular weight excluding hydrogens is 186 g/mol. The monoisotopic (exact) mass is 205 g/mol. The standard InChI is InChI=1S/C13H19NO/c1-9(14)10-3-4-12-8-13(15-2)6-5-11(12)7-10/h5-6,8-10H,3-4,7,14H2,1-2H3. The third-order valence-corrected chi connectivity index (χ3v) is 3.42. The maximum Gasteiger partial charge on any atom is 0.119 e. The lowest BCUT2D eigenvalue weighted by atomic mass is 9.81. The maximum atomic E-state index is 5.96. The molecule has 1 aromatic rings. The number of benzene rings is 1. The van der Waals surface area contributed by atoms with Crippen molar-refractivity contribution < 1.29 is 4.74 Å². The Morgan fingerprint density at radius 2 is 2.20 bits per heavy atom. The van der Waals surface area contributed by atoms with Crippen molar-refractivity contribution in [2.24, 2.45) is 11.7 Å². The summed E-state index contributed by atoms with van der Waals surface area (Å²) in [5.41, 5.74) is 8.84. The van der Waals surface area contributed by atoms with E-state index in [1.807, 2.05) is 6.07 Å². The number of aryl methyl sites for hydroxylation is 1. The fourth-order valence-electron chi connectivity index (χ4n) is 2.34. The minimum atomic E-state index is 0.306. The lowest BCUT2D eigenvalue weighted by molar-refractivity contribution is 0.388. The lowest BCUT2D eigenvalue weighted by Gasteiger charge is -2.27. The highest BCUT2D eigenvalue weighted by atomic mass is 16.5. The van der Waals surface area contributed by atoms with E-state index in [-0.39, 0.29) is 0 Å². The van der Waals surface area contributed by atoms with Crippen LogP contribution in [0.2, 0.25) is 0 Å². The highest BCUT2D eigenvalue weighted by Crippen LogP contribution is 2.29. The SMILES string of the molecule is COc1ccc2c(c1)CCC(C(C)N)C2. The first-order valence-corrected chi connectivity index (χ1v) is 5.62. The van der Waals surface area contributed by atoms with Gasteiger partial charge in [-0.1, -0.05) is 6.07 Å². The predicted octanol–water partition coefficient (Wildman–Crippen LogP) is 2.15. The zero-order valence-electron chi connectivity index (χ0n) is 9.49. The first-order valence-electron chi connectivity index (χ1n) is 5.62. The number of hydrogen-bond acceptors (Lipinski definition) is 2. The Bertz CT molecular complexity index is 346. The zero-order chi connectivity index (χ0) is 10.8. The fourth-order valence-corrected chi connectivity index (χ4v) is 2.34. The van der Waals surface area contributed by atoms with Crippen molar-refractivity contribution in [3.8, 4) is 5.75 Å². The molecule has 2 rings (SSSR count). The quantitative estimate of drug-likeness (QED) is 0.803. The highest BCUT2D eigenvalue weighted by Gasteiger charge is 2.21. The largest absolute Gasteiger partial charge is 0.497 e. The van der Waals surface area contributed by atoms with Gasteiger partial charge in [-0.25, -0.2) is 0 Å². The van der Waals surface area contributed by atoms with Crippen molar-refractivity contribution in [3.63, 3.8) is 0 Å². The van der Waals surface area contributed by atoms with Crippen LogP contribution in [0.1, 0.15) is 24.5 Å². The van der Waals surface area contributed by atoms with Crippen molar-refractivity contribution in [2.75, 3.05) is 7.11 Å². The number of methoxy groups -OCH3 is 1. The first-order chi connectivity index (χ1) is 7.20. The van der Waals surface area contributed by atoms with Gasteiger partial charge in [0.1, 0.15) is 5.75 Å². The van der Waals surface area contributed by atoms with E-state index in [1.165, 1.54) is 17.5 Å². The lowest BCUT2D eigenvalue weighted by Crippen LogP contribution is -2.31. The Morgan fingerprint density at radius 3 is 2.87 bits per heavy atom. The Labute approximate surface area is 91.4 Å². The Hall–Kier alpha value is -1.02. The van der Waals surface area contributed by atoms with Gasteiger partial charge in [-0.3, -0.25) is 0 Å². The molecule has 0 saturated heterocycles. The van der Waals surface area contributed by atoms with E-state index in [9.17, 15) is 0 Å². The molecule has 0 amide bonds. The third-order valence-electron chi connectivity index (χ3n) is 3.42. The van der Waals surface area contributed by atoms with Crippen LogP contribution in [0.15, 0.2) is 18.2 Å². The van der Waals surface area contributed by atoms with Crippen molar-refractivity contribution >= 4 is 0 Å². The summed E-state index contributed by atoms with van der Waals surface area (Å²) in [6.45, 7) is 2.11.